The zero-order valence-electron chi connectivity index (χ0n) is 11.7. The van der Waals surface area contributed by atoms with Gasteiger partial charge in [-0.15, -0.1) is 5.10 Å². The first kappa shape index (κ1) is 15.1. The van der Waals surface area contributed by atoms with Gasteiger partial charge in [-0.1, -0.05) is 5.21 Å². The fourth-order valence-electron chi connectivity index (χ4n) is 1.91. The minimum Gasteiger partial charge on any atom is -0.461 e. The van der Waals surface area contributed by atoms with Gasteiger partial charge in [0.2, 0.25) is 0 Å². The van der Waals surface area contributed by atoms with Crippen LogP contribution >= 0.6 is 0 Å². The third kappa shape index (κ3) is 3.23. The summed E-state index contributed by atoms with van der Waals surface area (Å²) in [7, 11) is 1.76. The van der Waals surface area contributed by atoms with Gasteiger partial charge in [0.1, 0.15) is 5.69 Å². The highest BCUT2D eigenvalue weighted by Gasteiger charge is 2.27. The van der Waals surface area contributed by atoms with Crippen molar-refractivity contribution < 1.29 is 18.3 Å². The lowest BCUT2D eigenvalue weighted by Crippen LogP contribution is -2.13. The van der Waals surface area contributed by atoms with Gasteiger partial charge < -0.3 is 4.74 Å². The van der Waals surface area contributed by atoms with Gasteiger partial charge in [0.05, 0.1) is 6.61 Å². The summed E-state index contributed by atoms with van der Waals surface area (Å²) in [5.41, 5.74) is -0.0872. The Labute approximate surface area is 119 Å². The van der Waals surface area contributed by atoms with Crippen molar-refractivity contribution in [3.8, 4) is 0 Å². The number of halogens is 2. The molecule has 0 fully saturated rings. The topological polar surface area (TPSA) is 74.8 Å². The molecule has 0 aromatic carbocycles. The Hall–Kier alpha value is -2.32. The number of esters is 1. The Morgan fingerprint density at radius 2 is 2.24 bits per heavy atom. The molecular weight excluding hydrogens is 284 g/mol. The number of rotatable bonds is 6. The standard InChI is InChI=1S/C12H15F2N5O2/c1-3-21-12(20)9-10(11(13)14)19(17-16-9)7-5-8-4-6-15-18(8)2/h4,6,11H,3,5,7H2,1-2H3. The molecule has 0 bridgehead atoms. The normalized spacial score (nSPS) is 11.1. The third-order valence-electron chi connectivity index (χ3n) is 2.95. The largest absolute Gasteiger partial charge is 0.461 e. The van der Waals surface area contributed by atoms with Gasteiger partial charge in [-0.3, -0.25) is 4.68 Å². The van der Waals surface area contributed by atoms with E-state index in [2.05, 4.69) is 15.4 Å². The molecule has 9 heteroatoms. The van der Waals surface area contributed by atoms with Crippen LogP contribution in [-0.4, -0.2) is 37.4 Å². The predicted molar refractivity (Wildman–Crippen MR) is 67.8 cm³/mol. The molecule has 21 heavy (non-hydrogen) atoms. The average Bonchev–Trinajstić information content (AvgIpc) is 3.02. The number of nitrogens with zero attached hydrogens (tertiary/aromatic N) is 5. The number of hydrogen-bond donors (Lipinski definition) is 0. The van der Waals surface area contributed by atoms with Crippen LogP contribution in [0.2, 0.25) is 0 Å². The Morgan fingerprint density at radius 1 is 1.48 bits per heavy atom. The van der Waals surface area contributed by atoms with Crippen LogP contribution in [0.5, 0.6) is 0 Å². The van der Waals surface area contributed by atoms with Crippen LogP contribution in [0.4, 0.5) is 8.78 Å². The molecule has 0 saturated carbocycles. The van der Waals surface area contributed by atoms with E-state index in [9.17, 15) is 13.6 Å². The number of carbonyl (C=O) groups excluding carboxylic acids is 1. The fourth-order valence-corrected chi connectivity index (χ4v) is 1.91. The van der Waals surface area contributed by atoms with E-state index in [0.717, 1.165) is 10.4 Å². The Kier molecular flexibility index (Phi) is 4.61. The van der Waals surface area contributed by atoms with Crippen LogP contribution in [0.1, 0.15) is 35.2 Å². The molecule has 0 unspecified atom stereocenters. The Morgan fingerprint density at radius 3 is 2.81 bits per heavy atom. The van der Waals surface area contributed by atoms with Gasteiger partial charge in [-0.2, -0.15) is 5.10 Å². The first-order chi connectivity index (χ1) is 10.0. The summed E-state index contributed by atoms with van der Waals surface area (Å²) in [5.74, 6) is -0.889. The lowest BCUT2D eigenvalue weighted by atomic mass is 10.3. The number of aryl methyl sites for hydroxylation is 3. The summed E-state index contributed by atoms with van der Waals surface area (Å²) < 4.78 is 33.7. The summed E-state index contributed by atoms with van der Waals surface area (Å²) in [4.78, 5) is 11.6. The van der Waals surface area contributed by atoms with Gasteiger partial charge in [0, 0.05) is 31.9 Å². The maximum atomic E-state index is 13.1. The van der Waals surface area contributed by atoms with Gasteiger partial charge in [0.25, 0.3) is 6.43 Å². The van der Waals surface area contributed by atoms with Gasteiger partial charge >= 0.3 is 5.97 Å². The maximum Gasteiger partial charge on any atom is 0.361 e. The molecule has 0 atom stereocenters. The molecule has 2 aromatic heterocycles. The van der Waals surface area contributed by atoms with E-state index in [1.165, 1.54) is 0 Å². The molecule has 0 saturated heterocycles. The van der Waals surface area contributed by atoms with Crippen molar-refractivity contribution in [2.75, 3.05) is 6.61 Å². The predicted octanol–water partition coefficient (Wildman–Crippen LogP) is 1.37. The molecule has 0 spiro atoms. The first-order valence-electron chi connectivity index (χ1n) is 6.40. The molecule has 114 valence electrons. The molecule has 0 aliphatic rings. The zero-order chi connectivity index (χ0) is 15.4. The number of aromatic nitrogens is 5. The van der Waals surface area contributed by atoms with Gasteiger partial charge in [-0.05, 0) is 13.0 Å². The second-order valence-corrected chi connectivity index (χ2v) is 4.26. The lowest BCUT2D eigenvalue weighted by molar-refractivity contribution is 0.0506. The number of hydrogen-bond acceptors (Lipinski definition) is 5. The van der Waals surface area contributed by atoms with Crippen LogP contribution in [0.15, 0.2) is 12.3 Å². The maximum absolute atomic E-state index is 13.1. The van der Waals surface area contributed by atoms with Gasteiger partial charge in [-0.25, -0.2) is 18.3 Å². The fraction of sp³-hybridized carbons (Fsp3) is 0.500. The Bertz CT molecular complexity index is 623. The van der Waals surface area contributed by atoms with Crippen LogP contribution < -0.4 is 0 Å². The minimum absolute atomic E-state index is 0.0867. The summed E-state index contributed by atoms with van der Waals surface area (Å²) in [6, 6.07) is 1.78. The van der Waals surface area contributed by atoms with Crippen molar-refractivity contribution in [3.63, 3.8) is 0 Å². The van der Waals surface area contributed by atoms with Crippen LogP contribution in [-0.2, 0) is 24.8 Å². The smallest absolute Gasteiger partial charge is 0.361 e. The lowest BCUT2D eigenvalue weighted by Gasteiger charge is -2.07. The van der Waals surface area contributed by atoms with E-state index >= 15 is 0 Å². The van der Waals surface area contributed by atoms with E-state index < -0.39 is 23.8 Å². The van der Waals surface area contributed by atoms with Crippen LogP contribution in [0.3, 0.4) is 0 Å². The molecular formula is C12H15F2N5O2. The highest BCUT2D eigenvalue weighted by atomic mass is 19.3. The number of ether oxygens (including phenoxy) is 1. The van der Waals surface area contributed by atoms with Crippen molar-refractivity contribution in [1.29, 1.82) is 0 Å². The minimum atomic E-state index is -2.86. The second kappa shape index (κ2) is 6.42. The van der Waals surface area contributed by atoms with Crippen molar-refractivity contribution in [2.24, 2.45) is 7.05 Å². The molecule has 7 nitrogen and oxygen atoms in total. The van der Waals surface area contributed by atoms with E-state index in [0.29, 0.717) is 6.42 Å². The monoisotopic (exact) mass is 299 g/mol. The molecule has 0 aliphatic carbocycles. The summed E-state index contributed by atoms with van der Waals surface area (Å²) >= 11 is 0. The third-order valence-corrected chi connectivity index (χ3v) is 2.95. The van der Waals surface area contributed by atoms with Crippen molar-refractivity contribution in [2.45, 2.75) is 26.3 Å². The number of carbonyl (C=O) groups is 1. The quantitative estimate of drug-likeness (QED) is 0.753. The molecule has 2 aromatic rings. The first-order valence-corrected chi connectivity index (χ1v) is 6.40. The second-order valence-electron chi connectivity index (χ2n) is 4.26. The molecule has 2 heterocycles. The molecule has 2 rings (SSSR count). The average molecular weight is 299 g/mol. The SMILES string of the molecule is CCOC(=O)c1nnn(CCc2ccnn2C)c1C(F)F. The van der Waals surface area contributed by atoms with Crippen LogP contribution in [0.25, 0.3) is 0 Å². The molecule has 0 aliphatic heterocycles. The van der Waals surface area contributed by atoms with Crippen molar-refractivity contribution in [1.82, 2.24) is 24.8 Å². The molecule has 0 radical (unpaired) electrons. The highest BCUT2D eigenvalue weighted by Crippen LogP contribution is 2.22. The van der Waals surface area contributed by atoms with E-state index in [4.69, 9.17) is 4.74 Å². The van der Waals surface area contributed by atoms with E-state index in [1.54, 1.807) is 30.9 Å². The zero-order valence-corrected chi connectivity index (χ0v) is 11.7. The van der Waals surface area contributed by atoms with Crippen molar-refractivity contribution in [3.05, 3.63) is 29.3 Å². The highest BCUT2D eigenvalue weighted by molar-refractivity contribution is 5.88. The van der Waals surface area contributed by atoms with E-state index in [1.807, 2.05) is 0 Å². The van der Waals surface area contributed by atoms with Crippen molar-refractivity contribution >= 4 is 5.97 Å². The summed E-state index contributed by atoms with van der Waals surface area (Å²) in [5, 5.41) is 11.1. The summed E-state index contributed by atoms with van der Waals surface area (Å²) in [6.07, 6.45) is -0.790. The van der Waals surface area contributed by atoms with E-state index in [-0.39, 0.29) is 13.2 Å². The number of alkyl halides is 2. The summed E-state index contributed by atoms with van der Waals surface area (Å²) in [6.45, 7) is 1.85. The van der Waals surface area contributed by atoms with Crippen LogP contribution in [0, 0.1) is 0 Å². The molecule has 0 amide bonds. The molecule has 0 N–H and O–H groups in total. The Balaban J connectivity index is 2.19. The van der Waals surface area contributed by atoms with Gasteiger partial charge in [0.15, 0.2) is 5.69 Å².